The fraction of sp³-hybridized carbons (Fsp3) is 0.278. The average molecular weight is 395 g/mol. The van der Waals surface area contributed by atoms with Gasteiger partial charge in [0.2, 0.25) is 0 Å². The van der Waals surface area contributed by atoms with Gasteiger partial charge >= 0.3 is 5.97 Å². The summed E-state index contributed by atoms with van der Waals surface area (Å²) in [5.74, 6) is 1.39. The third kappa shape index (κ3) is 4.00. The number of hydrogen-bond donors (Lipinski definition) is 0. The van der Waals surface area contributed by atoms with Gasteiger partial charge in [0.15, 0.2) is 11.5 Å². The average Bonchev–Trinajstić information content (AvgIpc) is 2.60. The van der Waals surface area contributed by atoms with Gasteiger partial charge in [-0.2, -0.15) is 0 Å². The second kappa shape index (κ2) is 8.06. The van der Waals surface area contributed by atoms with E-state index in [1.807, 2.05) is 19.1 Å². The highest BCUT2D eigenvalue weighted by molar-refractivity contribution is 9.10. The Morgan fingerprint density at radius 2 is 1.67 bits per heavy atom. The van der Waals surface area contributed by atoms with Gasteiger partial charge in [-0.3, -0.25) is 0 Å². The van der Waals surface area contributed by atoms with Crippen LogP contribution in [0.25, 0.3) is 0 Å². The highest BCUT2D eigenvalue weighted by Crippen LogP contribution is 2.31. The molecule has 0 atom stereocenters. The molecule has 0 aliphatic rings. The second-order valence-electron chi connectivity index (χ2n) is 5.06. The van der Waals surface area contributed by atoms with Gasteiger partial charge in [0.25, 0.3) is 0 Å². The standard InChI is InChI=1S/C18H19BrO5/c1-11-7-16(22-3)17(23-4)8-12(11)10-24-18(20)14-9-13(21-2)5-6-15(14)19/h5-9H,10H2,1-4H3. The van der Waals surface area contributed by atoms with Crippen LogP contribution in [0, 0.1) is 6.92 Å². The predicted octanol–water partition coefficient (Wildman–Crippen LogP) is 4.14. The molecular weight excluding hydrogens is 376 g/mol. The zero-order valence-corrected chi connectivity index (χ0v) is 15.6. The first kappa shape index (κ1) is 18.1. The van der Waals surface area contributed by atoms with Crippen molar-refractivity contribution in [1.29, 1.82) is 0 Å². The van der Waals surface area contributed by atoms with Crippen LogP contribution in [-0.2, 0) is 11.3 Å². The SMILES string of the molecule is COc1ccc(Br)c(C(=O)OCc2cc(OC)c(OC)cc2C)c1. The number of benzene rings is 2. The number of hydrogen-bond acceptors (Lipinski definition) is 5. The lowest BCUT2D eigenvalue weighted by atomic mass is 10.1. The molecular formula is C18H19BrO5. The van der Waals surface area contributed by atoms with E-state index < -0.39 is 5.97 Å². The minimum Gasteiger partial charge on any atom is -0.497 e. The van der Waals surface area contributed by atoms with Crippen LogP contribution in [0.5, 0.6) is 17.2 Å². The molecule has 6 heteroatoms. The van der Waals surface area contributed by atoms with Gasteiger partial charge in [-0.1, -0.05) is 0 Å². The Morgan fingerprint density at radius 1 is 1.00 bits per heavy atom. The molecule has 5 nitrogen and oxygen atoms in total. The first-order valence-electron chi connectivity index (χ1n) is 7.22. The van der Waals surface area contributed by atoms with Crippen molar-refractivity contribution in [3.63, 3.8) is 0 Å². The summed E-state index contributed by atoms with van der Waals surface area (Å²) in [5, 5.41) is 0. The van der Waals surface area contributed by atoms with Crippen molar-refractivity contribution in [2.45, 2.75) is 13.5 Å². The van der Waals surface area contributed by atoms with Gasteiger partial charge < -0.3 is 18.9 Å². The van der Waals surface area contributed by atoms with E-state index in [1.165, 1.54) is 0 Å². The summed E-state index contributed by atoms with van der Waals surface area (Å²) >= 11 is 3.35. The number of halogens is 1. The van der Waals surface area contributed by atoms with Crippen LogP contribution in [0.1, 0.15) is 21.5 Å². The van der Waals surface area contributed by atoms with E-state index in [-0.39, 0.29) is 6.61 Å². The van der Waals surface area contributed by atoms with Crippen molar-refractivity contribution in [1.82, 2.24) is 0 Å². The molecule has 2 aromatic rings. The third-order valence-corrected chi connectivity index (χ3v) is 4.29. The molecule has 0 amide bonds. The van der Waals surface area contributed by atoms with Crippen LogP contribution >= 0.6 is 15.9 Å². The lowest BCUT2D eigenvalue weighted by molar-refractivity contribution is 0.0470. The number of esters is 1. The summed E-state index contributed by atoms with van der Waals surface area (Å²) in [4.78, 5) is 12.3. The topological polar surface area (TPSA) is 54.0 Å². The molecule has 0 saturated carbocycles. The van der Waals surface area contributed by atoms with Crippen LogP contribution in [0.3, 0.4) is 0 Å². The Hall–Kier alpha value is -2.21. The smallest absolute Gasteiger partial charge is 0.339 e. The molecule has 0 aromatic heterocycles. The molecule has 0 heterocycles. The van der Waals surface area contributed by atoms with Gasteiger partial charge in [0.05, 0.1) is 26.9 Å². The fourth-order valence-corrected chi connectivity index (χ4v) is 2.60. The van der Waals surface area contributed by atoms with E-state index in [9.17, 15) is 4.79 Å². The Bertz CT molecular complexity index is 742. The number of methoxy groups -OCH3 is 3. The summed E-state index contributed by atoms with van der Waals surface area (Å²) in [5.41, 5.74) is 2.21. The molecule has 0 radical (unpaired) electrons. The zero-order chi connectivity index (χ0) is 17.7. The van der Waals surface area contributed by atoms with Crippen LogP contribution in [0.15, 0.2) is 34.8 Å². The van der Waals surface area contributed by atoms with Crippen LogP contribution in [0.4, 0.5) is 0 Å². The Balaban J connectivity index is 2.17. The lowest BCUT2D eigenvalue weighted by Gasteiger charge is -2.13. The largest absolute Gasteiger partial charge is 0.497 e. The third-order valence-electron chi connectivity index (χ3n) is 3.59. The summed E-state index contributed by atoms with van der Waals surface area (Å²) < 4.78 is 21.8. The van der Waals surface area contributed by atoms with E-state index >= 15 is 0 Å². The van der Waals surface area contributed by atoms with E-state index in [4.69, 9.17) is 18.9 Å². The first-order chi connectivity index (χ1) is 11.5. The second-order valence-corrected chi connectivity index (χ2v) is 5.91. The van der Waals surface area contributed by atoms with Gasteiger partial charge in [-0.15, -0.1) is 0 Å². The summed E-state index contributed by atoms with van der Waals surface area (Å²) in [7, 11) is 4.69. The van der Waals surface area contributed by atoms with Crippen LogP contribution in [0.2, 0.25) is 0 Å². The zero-order valence-electron chi connectivity index (χ0n) is 14.0. The van der Waals surface area contributed by atoms with Gasteiger partial charge in [-0.05, 0) is 64.3 Å². The summed E-state index contributed by atoms with van der Waals surface area (Å²) in [6.07, 6.45) is 0. The van der Waals surface area contributed by atoms with Crippen molar-refractivity contribution in [2.24, 2.45) is 0 Å². The Kier molecular flexibility index (Phi) is 6.09. The number of aryl methyl sites for hydroxylation is 1. The van der Waals surface area contributed by atoms with Gasteiger partial charge in [-0.25, -0.2) is 4.79 Å². The minimum atomic E-state index is -0.435. The summed E-state index contributed by atoms with van der Waals surface area (Å²) in [6, 6.07) is 8.80. The molecule has 2 aromatic carbocycles. The molecule has 0 fully saturated rings. The molecule has 0 bridgehead atoms. The first-order valence-corrected chi connectivity index (χ1v) is 8.01. The number of carbonyl (C=O) groups is 1. The van der Waals surface area contributed by atoms with Crippen molar-refractivity contribution < 1.29 is 23.7 Å². The van der Waals surface area contributed by atoms with Crippen molar-refractivity contribution in [2.75, 3.05) is 21.3 Å². The van der Waals surface area contributed by atoms with Crippen LogP contribution in [-0.4, -0.2) is 27.3 Å². The molecule has 0 aliphatic carbocycles. The molecule has 128 valence electrons. The number of rotatable bonds is 6. The van der Waals surface area contributed by atoms with E-state index in [0.29, 0.717) is 27.3 Å². The van der Waals surface area contributed by atoms with E-state index in [0.717, 1.165) is 11.1 Å². The molecule has 0 spiro atoms. The van der Waals surface area contributed by atoms with Gasteiger partial charge in [0.1, 0.15) is 12.4 Å². The van der Waals surface area contributed by atoms with E-state index in [1.54, 1.807) is 39.5 Å². The maximum absolute atomic E-state index is 12.3. The molecule has 24 heavy (non-hydrogen) atoms. The molecule has 0 N–H and O–H groups in total. The lowest BCUT2D eigenvalue weighted by Crippen LogP contribution is -2.07. The number of ether oxygens (including phenoxy) is 4. The number of carbonyl (C=O) groups excluding carboxylic acids is 1. The highest BCUT2D eigenvalue weighted by atomic mass is 79.9. The predicted molar refractivity (Wildman–Crippen MR) is 94.1 cm³/mol. The monoisotopic (exact) mass is 394 g/mol. The van der Waals surface area contributed by atoms with Crippen molar-refractivity contribution in [3.8, 4) is 17.2 Å². The fourth-order valence-electron chi connectivity index (χ4n) is 2.19. The molecule has 0 unspecified atom stereocenters. The maximum Gasteiger partial charge on any atom is 0.339 e. The molecule has 0 aliphatic heterocycles. The quantitative estimate of drug-likeness (QED) is 0.689. The molecule has 2 rings (SSSR count). The normalized spacial score (nSPS) is 10.2. The summed E-state index contributed by atoms with van der Waals surface area (Å²) in [6.45, 7) is 2.06. The van der Waals surface area contributed by atoms with Crippen LogP contribution < -0.4 is 14.2 Å². The molecule has 0 saturated heterocycles. The Morgan fingerprint density at radius 3 is 2.29 bits per heavy atom. The van der Waals surface area contributed by atoms with Crippen molar-refractivity contribution in [3.05, 3.63) is 51.5 Å². The van der Waals surface area contributed by atoms with E-state index in [2.05, 4.69) is 15.9 Å². The maximum atomic E-state index is 12.3. The van der Waals surface area contributed by atoms with Gasteiger partial charge in [0, 0.05) is 4.47 Å². The van der Waals surface area contributed by atoms with Crippen molar-refractivity contribution >= 4 is 21.9 Å². The highest BCUT2D eigenvalue weighted by Gasteiger charge is 2.15. The Labute approximate surface area is 149 Å². The minimum absolute atomic E-state index is 0.134.